The lowest BCUT2D eigenvalue weighted by atomic mass is 10.0. The molecule has 0 saturated heterocycles. The first-order valence-electron chi connectivity index (χ1n) is 6.35. The third kappa shape index (κ3) is 2.56. The molecule has 0 aliphatic heterocycles. The Morgan fingerprint density at radius 3 is 2.55 bits per heavy atom. The predicted molar refractivity (Wildman–Crippen MR) is 81.2 cm³/mol. The van der Waals surface area contributed by atoms with Gasteiger partial charge in [-0.15, -0.1) is 0 Å². The van der Waals surface area contributed by atoms with E-state index in [-0.39, 0.29) is 5.78 Å². The zero-order chi connectivity index (χ0) is 13.9. The van der Waals surface area contributed by atoms with Crippen LogP contribution in [0.5, 0.6) is 0 Å². The van der Waals surface area contributed by atoms with Gasteiger partial charge < -0.3 is 0 Å². The van der Waals surface area contributed by atoms with Crippen LogP contribution in [0.4, 0.5) is 0 Å². The maximum Gasteiger partial charge on any atom is 0.186 e. The average molecular weight is 282 g/mol. The van der Waals surface area contributed by atoms with Crippen LogP contribution < -0.4 is 0 Å². The number of halogens is 1. The third-order valence-corrected chi connectivity index (χ3v) is 3.47. The molecule has 0 aliphatic rings. The van der Waals surface area contributed by atoms with Gasteiger partial charge in [0, 0.05) is 23.0 Å². The third-order valence-electron chi connectivity index (χ3n) is 3.22. The fourth-order valence-electron chi connectivity index (χ4n) is 2.21. The monoisotopic (exact) mass is 281 g/mol. The van der Waals surface area contributed by atoms with Crippen LogP contribution in [-0.2, 0) is 6.42 Å². The highest BCUT2D eigenvalue weighted by Gasteiger charge is 2.12. The van der Waals surface area contributed by atoms with E-state index >= 15 is 0 Å². The van der Waals surface area contributed by atoms with Crippen molar-refractivity contribution in [1.29, 1.82) is 0 Å². The lowest BCUT2D eigenvalue weighted by molar-refractivity contribution is 0.0990. The van der Waals surface area contributed by atoms with Crippen LogP contribution in [-0.4, -0.2) is 10.8 Å². The molecule has 0 atom stereocenters. The number of aromatic nitrogens is 1. The molecular weight excluding hydrogens is 270 g/mol. The molecule has 3 heteroatoms. The van der Waals surface area contributed by atoms with Crippen LogP contribution >= 0.6 is 11.6 Å². The van der Waals surface area contributed by atoms with Crippen molar-refractivity contribution in [1.82, 2.24) is 4.98 Å². The Morgan fingerprint density at radius 1 is 1.00 bits per heavy atom. The van der Waals surface area contributed by atoms with Crippen molar-refractivity contribution in [2.45, 2.75) is 6.42 Å². The zero-order valence-electron chi connectivity index (χ0n) is 10.7. The van der Waals surface area contributed by atoms with Crippen molar-refractivity contribution in [3.63, 3.8) is 0 Å². The minimum Gasteiger partial charge on any atom is -0.292 e. The molecule has 3 rings (SSSR count). The van der Waals surface area contributed by atoms with Gasteiger partial charge in [-0.2, -0.15) is 0 Å². The maximum absolute atomic E-state index is 12.4. The molecule has 1 aromatic heterocycles. The van der Waals surface area contributed by atoms with Crippen LogP contribution in [0.25, 0.3) is 10.8 Å². The molecule has 20 heavy (non-hydrogen) atoms. The van der Waals surface area contributed by atoms with Gasteiger partial charge in [-0.25, -0.2) is 0 Å². The Labute approximate surface area is 122 Å². The number of hydrogen-bond donors (Lipinski definition) is 0. The SMILES string of the molecule is O=C(Cc1ccc(Cl)cc1)c1nccc2ccccc12. The minimum absolute atomic E-state index is 0.0177. The summed E-state index contributed by atoms with van der Waals surface area (Å²) in [5.41, 5.74) is 1.46. The van der Waals surface area contributed by atoms with Gasteiger partial charge in [-0.1, -0.05) is 48.0 Å². The molecule has 0 unspecified atom stereocenters. The van der Waals surface area contributed by atoms with E-state index in [9.17, 15) is 4.79 Å². The van der Waals surface area contributed by atoms with Gasteiger partial charge in [-0.3, -0.25) is 9.78 Å². The number of carbonyl (C=O) groups is 1. The summed E-state index contributed by atoms with van der Waals surface area (Å²) in [6.07, 6.45) is 2.01. The van der Waals surface area contributed by atoms with Gasteiger partial charge in [0.15, 0.2) is 5.78 Å². The quantitative estimate of drug-likeness (QED) is 0.670. The summed E-state index contributed by atoms with van der Waals surface area (Å²) >= 11 is 5.85. The van der Waals surface area contributed by atoms with Gasteiger partial charge in [0.05, 0.1) is 0 Å². The van der Waals surface area contributed by atoms with Crippen molar-refractivity contribution in [2.24, 2.45) is 0 Å². The molecule has 0 radical (unpaired) electrons. The molecule has 0 saturated carbocycles. The summed E-state index contributed by atoms with van der Waals surface area (Å²) in [5, 5.41) is 2.60. The van der Waals surface area contributed by atoms with Crippen molar-refractivity contribution >= 4 is 28.2 Å². The first kappa shape index (κ1) is 12.8. The normalized spacial score (nSPS) is 10.7. The summed E-state index contributed by atoms with van der Waals surface area (Å²) in [6, 6.07) is 17.0. The van der Waals surface area contributed by atoms with E-state index < -0.39 is 0 Å². The molecule has 3 aromatic rings. The Morgan fingerprint density at radius 2 is 1.75 bits per heavy atom. The summed E-state index contributed by atoms with van der Waals surface area (Å²) in [7, 11) is 0. The lowest BCUT2D eigenvalue weighted by Crippen LogP contribution is -2.06. The first-order valence-corrected chi connectivity index (χ1v) is 6.73. The Hall–Kier alpha value is -2.19. The van der Waals surface area contributed by atoms with Crippen molar-refractivity contribution in [3.8, 4) is 0 Å². The largest absolute Gasteiger partial charge is 0.292 e. The number of pyridine rings is 1. The van der Waals surface area contributed by atoms with Crippen molar-refractivity contribution in [3.05, 3.63) is 77.1 Å². The van der Waals surface area contributed by atoms with Crippen molar-refractivity contribution < 1.29 is 4.79 Å². The minimum atomic E-state index is 0.0177. The van der Waals surface area contributed by atoms with E-state index in [4.69, 9.17) is 11.6 Å². The van der Waals surface area contributed by atoms with Gasteiger partial charge in [0.1, 0.15) is 5.69 Å². The van der Waals surface area contributed by atoms with Crippen LogP contribution in [0.2, 0.25) is 5.02 Å². The standard InChI is InChI=1S/C17H12ClNO/c18-14-7-5-12(6-8-14)11-16(20)17-15-4-2-1-3-13(15)9-10-19-17/h1-10H,11H2. The van der Waals surface area contributed by atoms with E-state index in [1.807, 2.05) is 42.5 Å². The van der Waals surface area contributed by atoms with E-state index in [0.717, 1.165) is 16.3 Å². The Balaban J connectivity index is 1.94. The number of fused-ring (bicyclic) bond motifs is 1. The molecule has 98 valence electrons. The number of carbonyl (C=O) groups excluding carboxylic acids is 1. The van der Waals surface area contributed by atoms with E-state index in [1.54, 1.807) is 18.3 Å². The summed E-state index contributed by atoms with van der Waals surface area (Å²) in [4.78, 5) is 16.7. The number of Topliss-reactive ketones (excluding diaryl/α,β-unsaturated/α-hetero) is 1. The second-order valence-corrected chi connectivity index (χ2v) is 5.04. The smallest absolute Gasteiger partial charge is 0.186 e. The fourth-order valence-corrected chi connectivity index (χ4v) is 2.34. The van der Waals surface area contributed by atoms with Crippen LogP contribution in [0.1, 0.15) is 16.1 Å². The molecule has 2 nitrogen and oxygen atoms in total. The summed E-state index contributed by atoms with van der Waals surface area (Å²) in [5.74, 6) is 0.0177. The maximum atomic E-state index is 12.4. The number of ketones is 1. The molecule has 2 aromatic carbocycles. The molecule has 0 amide bonds. The van der Waals surface area contributed by atoms with Gasteiger partial charge in [0.2, 0.25) is 0 Å². The second kappa shape index (κ2) is 5.43. The number of nitrogens with zero attached hydrogens (tertiary/aromatic N) is 1. The molecule has 0 aliphatic carbocycles. The number of rotatable bonds is 3. The molecular formula is C17H12ClNO. The van der Waals surface area contributed by atoms with Crippen LogP contribution in [0, 0.1) is 0 Å². The van der Waals surface area contributed by atoms with Crippen LogP contribution in [0.15, 0.2) is 60.8 Å². The molecule has 0 N–H and O–H groups in total. The average Bonchev–Trinajstić information content (AvgIpc) is 2.49. The topological polar surface area (TPSA) is 30.0 Å². The first-order chi connectivity index (χ1) is 9.74. The van der Waals surface area contributed by atoms with E-state index in [0.29, 0.717) is 17.1 Å². The van der Waals surface area contributed by atoms with E-state index in [2.05, 4.69) is 4.98 Å². The lowest BCUT2D eigenvalue weighted by Gasteiger charge is -2.05. The molecule has 0 bridgehead atoms. The van der Waals surface area contributed by atoms with Gasteiger partial charge >= 0.3 is 0 Å². The number of hydrogen-bond acceptors (Lipinski definition) is 2. The molecule has 1 heterocycles. The second-order valence-electron chi connectivity index (χ2n) is 4.61. The van der Waals surface area contributed by atoms with Crippen LogP contribution in [0.3, 0.4) is 0 Å². The Bertz CT molecular complexity index is 760. The highest BCUT2D eigenvalue weighted by atomic mass is 35.5. The highest BCUT2D eigenvalue weighted by Crippen LogP contribution is 2.18. The molecule has 0 spiro atoms. The fraction of sp³-hybridized carbons (Fsp3) is 0.0588. The van der Waals surface area contributed by atoms with Crippen molar-refractivity contribution in [2.75, 3.05) is 0 Å². The molecule has 0 fully saturated rings. The Kier molecular flexibility index (Phi) is 3.48. The van der Waals surface area contributed by atoms with E-state index in [1.165, 1.54) is 0 Å². The highest BCUT2D eigenvalue weighted by molar-refractivity contribution is 6.30. The summed E-state index contributed by atoms with van der Waals surface area (Å²) < 4.78 is 0. The van der Waals surface area contributed by atoms with Gasteiger partial charge in [-0.05, 0) is 29.1 Å². The summed E-state index contributed by atoms with van der Waals surface area (Å²) in [6.45, 7) is 0. The number of benzene rings is 2. The zero-order valence-corrected chi connectivity index (χ0v) is 11.5. The van der Waals surface area contributed by atoms with Gasteiger partial charge in [0.25, 0.3) is 0 Å². The predicted octanol–water partition coefficient (Wildman–Crippen LogP) is 4.31.